The van der Waals surface area contributed by atoms with Gasteiger partial charge in [0.25, 0.3) is 0 Å². The fourth-order valence-electron chi connectivity index (χ4n) is 9.70. The Balaban J connectivity index is 0.943. The van der Waals surface area contributed by atoms with Crippen LogP contribution < -0.4 is 0 Å². The van der Waals surface area contributed by atoms with Gasteiger partial charge < -0.3 is 8.98 Å². The minimum atomic E-state index is 0.566. The van der Waals surface area contributed by atoms with Crippen LogP contribution in [0.2, 0.25) is 0 Å². The van der Waals surface area contributed by atoms with Gasteiger partial charge in [0, 0.05) is 43.9 Å². The Bertz CT molecular complexity index is 3900. The molecule has 0 fully saturated rings. The molecule has 13 aromatic rings. The van der Waals surface area contributed by atoms with E-state index >= 15 is 0 Å². The molecule has 5 nitrogen and oxygen atoms in total. The highest BCUT2D eigenvalue weighted by Gasteiger charge is 2.21. The van der Waals surface area contributed by atoms with Crippen LogP contribution in [0.15, 0.2) is 247 Å². The average Bonchev–Trinajstić information content (AvgIpc) is 3.97. The minimum Gasteiger partial charge on any atom is -0.454 e. The Morgan fingerprint density at radius 2 is 0.676 bits per heavy atom. The summed E-state index contributed by atoms with van der Waals surface area (Å²) in [6.07, 6.45) is 0. The highest BCUT2D eigenvalue weighted by Crippen LogP contribution is 2.42. The number of benzene rings is 10. The first kappa shape index (κ1) is 39.2. The average molecular weight is 869 g/mol. The molecule has 0 saturated carbocycles. The van der Waals surface area contributed by atoms with Crippen molar-refractivity contribution >= 4 is 43.7 Å². The van der Waals surface area contributed by atoms with Crippen LogP contribution in [-0.2, 0) is 0 Å². The molecule has 0 N–H and O–H groups in total. The summed E-state index contributed by atoms with van der Waals surface area (Å²) >= 11 is 0. The number of hydrogen-bond acceptors (Lipinski definition) is 4. The van der Waals surface area contributed by atoms with Gasteiger partial charge in [-0.3, -0.25) is 0 Å². The summed E-state index contributed by atoms with van der Waals surface area (Å²) in [6.45, 7) is 0. The lowest BCUT2D eigenvalue weighted by Crippen LogP contribution is -2.00. The summed E-state index contributed by atoms with van der Waals surface area (Å²) in [6, 6.07) is 85.2. The van der Waals surface area contributed by atoms with Crippen molar-refractivity contribution in [3.63, 3.8) is 0 Å². The van der Waals surface area contributed by atoms with Gasteiger partial charge in [-0.15, -0.1) is 0 Å². The van der Waals surface area contributed by atoms with Gasteiger partial charge >= 0.3 is 0 Å². The summed E-state index contributed by atoms with van der Waals surface area (Å²) < 4.78 is 9.38. The van der Waals surface area contributed by atoms with E-state index in [9.17, 15) is 0 Å². The lowest BCUT2D eigenvalue weighted by Gasteiger charge is -2.10. The fraction of sp³-hybridized carbons (Fsp3) is 0. The van der Waals surface area contributed by atoms with Crippen molar-refractivity contribution < 1.29 is 4.42 Å². The van der Waals surface area contributed by atoms with Gasteiger partial charge in [0.15, 0.2) is 23.1 Å². The van der Waals surface area contributed by atoms with Gasteiger partial charge in [-0.05, 0) is 99.1 Å². The number of para-hydroxylation sites is 1. The highest BCUT2D eigenvalue weighted by atomic mass is 16.3. The minimum absolute atomic E-state index is 0.566. The molecule has 3 aromatic heterocycles. The maximum atomic E-state index is 7.04. The van der Waals surface area contributed by atoms with Crippen molar-refractivity contribution in [1.29, 1.82) is 0 Å². The van der Waals surface area contributed by atoms with Crippen LogP contribution in [0, 0.1) is 0 Å². The van der Waals surface area contributed by atoms with Crippen LogP contribution in [0.25, 0.3) is 128 Å². The molecule has 0 spiro atoms. The third-order valence-corrected chi connectivity index (χ3v) is 13.1. The van der Waals surface area contributed by atoms with Crippen molar-refractivity contribution in [1.82, 2.24) is 19.5 Å². The molecule has 0 saturated heterocycles. The van der Waals surface area contributed by atoms with Gasteiger partial charge in [0.05, 0.1) is 11.0 Å². The zero-order valence-electron chi connectivity index (χ0n) is 36.8. The summed E-state index contributed by atoms with van der Waals surface area (Å²) in [4.78, 5) is 15.5. The summed E-state index contributed by atoms with van der Waals surface area (Å²) in [7, 11) is 0. The number of hydrogen-bond donors (Lipinski definition) is 0. The molecule has 0 atom stereocenters. The van der Waals surface area contributed by atoms with E-state index in [0.717, 1.165) is 88.6 Å². The molecule has 0 aliphatic carbocycles. The molecule has 3 heterocycles. The van der Waals surface area contributed by atoms with Crippen molar-refractivity contribution in [2.45, 2.75) is 0 Å². The second-order valence-corrected chi connectivity index (χ2v) is 17.2. The Labute approximate surface area is 392 Å². The van der Waals surface area contributed by atoms with E-state index in [0.29, 0.717) is 17.5 Å². The van der Waals surface area contributed by atoms with E-state index in [1.807, 2.05) is 12.1 Å². The van der Waals surface area contributed by atoms with Gasteiger partial charge in [0.1, 0.15) is 5.58 Å². The predicted octanol–water partition coefficient (Wildman–Crippen LogP) is 16.5. The van der Waals surface area contributed by atoms with E-state index in [-0.39, 0.29) is 0 Å². The molecular formula is C63H40N4O. The molecule has 5 heteroatoms. The van der Waals surface area contributed by atoms with Crippen LogP contribution in [0.5, 0.6) is 0 Å². The van der Waals surface area contributed by atoms with Crippen LogP contribution >= 0.6 is 0 Å². The molecule has 68 heavy (non-hydrogen) atoms. The zero-order valence-corrected chi connectivity index (χ0v) is 36.8. The first-order valence-corrected chi connectivity index (χ1v) is 22.9. The normalized spacial score (nSPS) is 11.5. The number of rotatable bonds is 8. The molecule has 318 valence electrons. The molecule has 13 rings (SSSR count). The van der Waals surface area contributed by atoms with Crippen LogP contribution in [0.1, 0.15) is 0 Å². The molecular weight excluding hydrogens is 829 g/mol. The second-order valence-electron chi connectivity index (χ2n) is 17.2. The quantitative estimate of drug-likeness (QED) is 0.153. The third kappa shape index (κ3) is 6.93. The van der Waals surface area contributed by atoms with Crippen molar-refractivity contribution in [2.24, 2.45) is 0 Å². The van der Waals surface area contributed by atoms with Crippen LogP contribution in [0.3, 0.4) is 0 Å². The Morgan fingerprint density at radius 3 is 1.22 bits per heavy atom. The molecule has 0 aliphatic heterocycles. The third-order valence-electron chi connectivity index (χ3n) is 13.1. The zero-order chi connectivity index (χ0) is 45.0. The number of nitrogens with zero attached hydrogens (tertiary/aromatic N) is 4. The summed E-state index contributed by atoms with van der Waals surface area (Å²) in [5, 5.41) is 4.37. The van der Waals surface area contributed by atoms with Crippen molar-refractivity contribution in [3.05, 3.63) is 243 Å². The standard InChI is InChI=1S/C63H40N4O/c1-4-15-41(16-5-1)45-21-12-22-46(37-45)44-29-32-52(33-30-44)67-57-28-11-10-27-53(57)55-35-36-56-54-34-31-51(40-58(54)68-60(56)59(55)67)63-65-61(49-25-13-23-47(38-49)42-17-6-2-7-18-42)64-62(66-63)50-26-14-24-48(39-50)43-19-8-3-9-20-43/h1-40H. The van der Waals surface area contributed by atoms with Crippen molar-refractivity contribution in [2.75, 3.05) is 0 Å². The van der Waals surface area contributed by atoms with E-state index in [4.69, 9.17) is 19.4 Å². The predicted molar refractivity (Wildman–Crippen MR) is 279 cm³/mol. The molecule has 0 unspecified atom stereocenters. The fourth-order valence-corrected chi connectivity index (χ4v) is 9.70. The van der Waals surface area contributed by atoms with Gasteiger partial charge in [-0.2, -0.15) is 0 Å². The lowest BCUT2D eigenvalue weighted by atomic mass is 9.99. The van der Waals surface area contributed by atoms with Crippen LogP contribution in [-0.4, -0.2) is 19.5 Å². The first-order valence-electron chi connectivity index (χ1n) is 22.9. The van der Waals surface area contributed by atoms with Crippen LogP contribution in [0.4, 0.5) is 0 Å². The summed E-state index contributed by atoms with van der Waals surface area (Å²) in [5.74, 6) is 1.76. The van der Waals surface area contributed by atoms with Gasteiger partial charge in [0.2, 0.25) is 0 Å². The van der Waals surface area contributed by atoms with E-state index < -0.39 is 0 Å². The monoisotopic (exact) mass is 868 g/mol. The number of aromatic nitrogens is 4. The van der Waals surface area contributed by atoms with E-state index in [1.165, 1.54) is 22.1 Å². The lowest BCUT2D eigenvalue weighted by molar-refractivity contribution is 0.671. The van der Waals surface area contributed by atoms with Crippen molar-refractivity contribution in [3.8, 4) is 84.4 Å². The maximum absolute atomic E-state index is 7.04. The topological polar surface area (TPSA) is 56.7 Å². The number of furan rings is 1. The SMILES string of the molecule is c1ccc(-c2cccc(-c3ccc(-n4c5ccccc5c5ccc6c7ccc(-c8nc(-c9cccc(-c%10ccccc%10)c9)nc(-c9cccc(-c%10ccccc%10)c9)n8)cc7oc6c54)cc3)c2)cc1. The molecule has 0 bridgehead atoms. The maximum Gasteiger partial charge on any atom is 0.164 e. The molecule has 0 amide bonds. The molecule has 0 aliphatic rings. The molecule has 10 aromatic carbocycles. The largest absolute Gasteiger partial charge is 0.454 e. The van der Waals surface area contributed by atoms with E-state index in [2.05, 4.69) is 235 Å². The first-order chi connectivity index (χ1) is 33.7. The number of fused-ring (bicyclic) bond motifs is 7. The Morgan fingerprint density at radius 1 is 0.279 bits per heavy atom. The summed E-state index contributed by atoms with van der Waals surface area (Å²) in [5.41, 5.74) is 16.6. The molecule has 0 radical (unpaired) electrons. The Kier molecular flexibility index (Phi) is 9.43. The highest BCUT2D eigenvalue weighted by molar-refractivity contribution is 6.21. The second kappa shape index (κ2) is 16.4. The van der Waals surface area contributed by atoms with E-state index in [1.54, 1.807) is 0 Å². The van der Waals surface area contributed by atoms with Gasteiger partial charge in [-0.1, -0.05) is 188 Å². The Hall–Kier alpha value is -9.19. The van der Waals surface area contributed by atoms with Gasteiger partial charge in [-0.25, -0.2) is 15.0 Å². The smallest absolute Gasteiger partial charge is 0.164 e.